The number of phenols is 1. The Morgan fingerprint density at radius 1 is 0.794 bits per heavy atom. The van der Waals surface area contributed by atoms with E-state index in [1.165, 1.54) is 24.8 Å². The van der Waals surface area contributed by atoms with Crippen LogP contribution >= 0.6 is 0 Å². The lowest BCUT2D eigenvalue weighted by molar-refractivity contribution is 0.0734. The van der Waals surface area contributed by atoms with E-state index < -0.39 is 5.97 Å². The molecule has 0 bridgehead atoms. The fourth-order valence-electron chi connectivity index (χ4n) is 4.27. The van der Waals surface area contributed by atoms with Crippen LogP contribution in [-0.2, 0) is 16.2 Å². The number of phenolic OH excluding ortho intramolecular Hbond substituents is 1. The fraction of sp³-hybridized carbons (Fsp3) is 0.581. The van der Waals surface area contributed by atoms with Gasteiger partial charge in [-0.05, 0) is 65.3 Å². The van der Waals surface area contributed by atoms with Crippen molar-refractivity contribution in [3.05, 3.63) is 58.7 Å². The van der Waals surface area contributed by atoms with Gasteiger partial charge >= 0.3 is 5.97 Å². The van der Waals surface area contributed by atoms with Crippen LogP contribution in [0.3, 0.4) is 0 Å². The highest BCUT2D eigenvalue weighted by molar-refractivity contribution is 5.92. The van der Waals surface area contributed by atoms with Gasteiger partial charge in [-0.15, -0.1) is 0 Å². The predicted molar refractivity (Wildman–Crippen MR) is 143 cm³/mol. The van der Waals surface area contributed by atoms with Crippen LogP contribution in [-0.4, -0.2) is 11.1 Å². The summed E-state index contributed by atoms with van der Waals surface area (Å²) in [5.74, 6) is 0.444. The molecule has 0 spiro atoms. The van der Waals surface area contributed by atoms with Gasteiger partial charge in [0.05, 0.1) is 5.56 Å². The summed E-state index contributed by atoms with van der Waals surface area (Å²) in [6.45, 7) is 19.4. The first-order chi connectivity index (χ1) is 15.8. The van der Waals surface area contributed by atoms with Gasteiger partial charge in [-0.3, -0.25) is 0 Å². The van der Waals surface area contributed by atoms with Crippen LogP contribution in [0.4, 0.5) is 0 Å². The lowest BCUT2D eigenvalue weighted by atomic mass is 9.75. The van der Waals surface area contributed by atoms with Crippen LogP contribution in [0.5, 0.6) is 11.5 Å². The molecule has 3 heteroatoms. The van der Waals surface area contributed by atoms with Crippen molar-refractivity contribution in [2.24, 2.45) is 0 Å². The zero-order valence-electron chi connectivity index (χ0n) is 23.0. The molecule has 2 aromatic rings. The van der Waals surface area contributed by atoms with E-state index >= 15 is 0 Å². The van der Waals surface area contributed by atoms with Gasteiger partial charge in [-0.25, -0.2) is 4.79 Å². The zero-order valence-corrected chi connectivity index (χ0v) is 23.0. The van der Waals surface area contributed by atoms with E-state index in [9.17, 15) is 9.90 Å². The van der Waals surface area contributed by atoms with Gasteiger partial charge in [0.25, 0.3) is 0 Å². The van der Waals surface area contributed by atoms with E-state index in [4.69, 9.17) is 4.74 Å². The number of hydrogen-bond acceptors (Lipinski definition) is 3. The first-order valence-electron chi connectivity index (χ1n) is 13.0. The first kappa shape index (κ1) is 28.0. The Bertz CT molecular complexity index is 928. The SMILES string of the molecule is CCCCCC(C)(C)c1ccc(OC(=O)c2cc(C(C)(C)CC)c(O)c(C(C)(C)CC)c2)cc1. The molecule has 0 aliphatic rings. The molecule has 1 N–H and O–H groups in total. The minimum absolute atomic E-state index is 0.0932. The van der Waals surface area contributed by atoms with Gasteiger partial charge in [0.1, 0.15) is 11.5 Å². The molecule has 0 aliphatic heterocycles. The Morgan fingerprint density at radius 3 is 1.74 bits per heavy atom. The third-order valence-electron chi connectivity index (χ3n) is 7.82. The normalized spacial score (nSPS) is 12.6. The van der Waals surface area contributed by atoms with E-state index in [0.29, 0.717) is 17.1 Å². The quantitative estimate of drug-likeness (QED) is 0.204. The summed E-state index contributed by atoms with van der Waals surface area (Å²) < 4.78 is 5.79. The molecule has 0 radical (unpaired) electrons. The highest BCUT2D eigenvalue weighted by atomic mass is 16.5. The van der Waals surface area contributed by atoms with Crippen molar-refractivity contribution in [3.63, 3.8) is 0 Å². The summed E-state index contributed by atoms with van der Waals surface area (Å²) in [7, 11) is 0. The summed E-state index contributed by atoms with van der Waals surface area (Å²) in [5.41, 5.74) is 2.90. The van der Waals surface area contributed by atoms with Crippen molar-refractivity contribution in [2.75, 3.05) is 0 Å². The van der Waals surface area contributed by atoms with Gasteiger partial charge in [0.2, 0.25) is 0 Å². The maximum atomic E-state index is 13.2. The lowest BCUT2D eigenvalue weighted by Gasteiger charge is -2.31. The number of benzene rings is 2. The van der Waals surface area contributed by atoms with Crippen molar-refractivity contribution in [1.29, 1.82) is 0 Å². The van der Waals surface area contributed by atoms with Gasteiger partial charge in [-0.2, -0.15) is 0 Å². The molecule has 0 unspecified atom stereocenters. The molecule has 0 saturated carbocycles. The van der Waals surface area contributed by atoms with Crippen molar-refractivity contribution >= 4 is 5.97 Å². The van der Waals surface area contributed by atoms with Gasteiger partial charge < -0.3 is 9.84 Å². The summed E-state index contributed by atoms with van der Waals surface area (Å²) in [5, 5.41) is 11.2. The monoisotopic (exact) mass is 466 g/mol. The molecule has 0 saturated heterocycles. The molecule has 3 nitrogen and oxygen atoms in total. The first-order valence-corrected chi connectivity index (χ1v) is 13.0. The predicted octanol–water partition coefficient (Wildman–Crippen LogP) is 8.84. The third-order valence-corrected chi connectivity index (χ3v) is 7.82. The Morgan fingerprint density at radius 2 is 1.29 bits per heavy atom. The summed E-state index contributed by atoms with van der Waals surface area (Å²) in [4.78, 5) is 13.2. The minimum atomic E-state index is -0.392. The molecule has 0 fully saturated rings. The standard InChI is InChI=1S/C31H46O3/c1-10-13-14-19-31(8,9)23-15-17-24(18-16-23)34-28(33)22-20-25(29(4,5)11-2)27(32)26(21-22)30(6,7)12-3/h15-18,20-21,32H,10-14,19H2,1-9H3. The van der Waals surface area contributed by atoms with Crippen molar-refractivity contribution in [1.82, 2.24) is 0 Å². The van der Waals surface area contributed by atoms with E-state index in [1.807, 2.05) is 24.3 Å². The maximum Gasteiger partial charge on any atom is 0.343 e. The Hall–Kier alpha value is -2.29. The lowest BCUT2D eigenvalue weighted by Crippen LogP contribution is -2.23. The van der Waals surface area contributed by atoms with Crippen LogP contribution in [0.1, 0.15) is 128 Å². The summed E-state index contributed by atoms with van der Waals surface area (Å²) in [6, 6.07) is 11.5. The second-order valence-corrected chi connectivity index (χ2v) is 11.6. The highest BCUT2D eigenvalue weighted by Gasteiger charge is 2.31. The summed E-state index contributed by atoms with van der Waals surface area (Å²) in [6.07, 6.45) is 6.52. The molecule has 0 aromatic heterocycles. The van der Waals surface area contributed by atoms with E-state index in [2.05, 4.69) is 74.4 Å². The van der Waals surface area contributed by atoms with E-state index in [0.717, 1.165) is 30.4 Å². The third kappa shape index (κ3) is 6.43. The van der Waals surface area contributed by atoms with E-state index in [1.54, 1.807) is 0 Å². The molecule has 2 rings (SSSR count). The molecule has 188 valence electrons. The largest absolute Gasteiger partial charge is 0.507 e. The number of esters is 1. The van der Waals surface area contributed by atoms with Crippen LogP contribution in [0.25, 0.3) is 0 Å². The fourth-order valence-corrected chi connectivity index (χ4v) is 4.27. The molecular formula is C31H46O3. The average molecular weight is 467 g/mol. The maximum absolute atomic E-state index is 13.2. The number of rotatable bonds is 11. The minimum Gasteiger partial charge on any atom is -0.507 e. The van der Waals surface area contributed by atoms with Crippen LogP contribution < -0.4 is 4.74 Å². The number of carbonyl (C=O) groups is 1. The van der Waals surface area contributed by atoms with E-state index in [-0.39, 0.29) is 16.2 Å². The molecule has 0 heterocycles. The molecular weight excluding hydrogens is 420 g/mol. The number of ether oxygens (including phenoxy) is 1. The summed E-state index contributed by atoms with van der Waals surface area (Å²) >= 11 is 0. The Labute approximate surface area is 207 Å². The topological polar surface area (TPSA) is 46.5 Å². The zero-order chi connectivity index (χ0) is 25.7. The molecule has 2 aromatic carbocycles. The van der Waals surface area contributed by atoms with Crippen molar-refractivity contribution in [2.45, 2.75) is 117 Å². The number of hydrogen-bond donors (Lipinski definition) is 1. The van der Waals surface area contributed by atoms with Crippen molar-refractivity contribution < 1.29 is 14.6 Å². The number of carbonyl (C=O) groups excluding carboxylic acids is 1. The molecule has 0 aliphatic carbocycles. The number of unbranched alkanes of at least 4 members (excludes halogenated alkanes) is 2. The second-order valence-electron chi connectivity index (χ2n) is 11.6. The Balaban J connectivity index is 2.35. The van der Waals surface area contributed by atoms with Gasteiger partial charge in [-0.1, -0.05) is 93.7 Å². The van der Waals surface area contributed by atoms with Gasteiger partial charge in [0.15, 0.2) is 0 Å². The average Bonchev–Trinajstić information content (AvgIpc) is 2.79. The smallest absolute Gasteiger partial charge is 0.343 e. The highest BCUT2D eigenvalue weighted by Crippen LogP contribution is 2.42. The molecule has 0 atom stereocenters. The molecule has 0 amide bonds. The van der Waals surface area contributed by atoms with Crippen LogP contribution in [0, 0.1) is 0 Å². The Kier molecular flexibility index (Phi) is 9.02. The molecule has 34 heavy (non-hydrogen) atoms. The number of aromatic hydroxyl groups is 1. The van der Waals surface area contributed by atoms with Crippen molar-refractivity contribution in [3.8, 4) is 11.5 Å². The van der Waals surface area contributed by atoms with Gasteiger partial charge in [0, 0.05) is 11.1 Å². The van der Waals surface area contributed by atoms with Crippen LogP contribution in [0.2, 0.25) is 0 Å². The van der Waals surface area contributed by atoms with Crippen LogP contribution in [0.15, 0.2) is 36.4 Å². The second kappa shape index (κ2) is 11.0.